The molecule has 1 aromatic heterocycles. The molecule has 0 fully saturated rings. The molecular formula is C24H23F2N5O4. The number of nitrogens with one attached hydrogen (secondary N) is 1. The number of halogens is 2. The number of ether oxygens (including phenoxy) is 1. The number of fused-ring (bicyclic) bond motifs is 1. The van der Waals surface area contributed by atoms with Crippen molar-refractivity contribution in [3.8, 4) is 23.3 Å². The third-order valence-electron chi connectivity index (χ3n) is 5.53. The largest absolute Gasteiger partial charge is 0.484 e. The molecule has 0 radical (unpaired) electrons. The second-order valence-electron chi connectivity index (χ2n) is 7.96. The average Bonchev–Trinajstić information content (AvgIpc) is 3.52. The average molecular weight is 483 g/mol. The summed E-state index contributed by atoms with van der Waals surface area (Å²) in [5.74, 6) is -0.182. The normalized spacial score (nSPS) is 12.6. The number of hydrogen-bond donors (Lipinski definition) is 2. The quantitative estimate of drug-likeness (QED) is 0.394. The maximum absolute atomic E-state index is 12.8. The van der Waals surface area contributed by atoms with Crippen molar-refractivity contribution in [3.63, 3.8) is 0 Å². The number of nitrogens with zero attached hydrogens (tertiary/aromatic N) is 4. The molecule has 3 aromatic rings. The highest BCUT2D eigenvalue weighted by Gasteiger charge is 2.25. The minimum absolute atomic E-state index is 0.0697. The van der Waals surface area contributed by atoms with Crippen molar-refractivity contribution in [2.45, 2.75) is 25.5 Å². The number of benzene rings is 2. The predicted octanol–water partition coefficient (Wildman–Crippen LogP) is 3.55. The van der Waals surface area contributed by atoms with Crippen molar-refractivity contribution in [2.24, 2.45) is 0 Å². The van der Waals surface area contributed by atoms with E-state index in [0.717, 1.165) is 23.2 Å². The van der Waals surface area contributed by atoms with Crippen molar-refractivity contribution >= 4 is 17.6 Å². The number of hydrogen-bond acceptors (Lipinski definition) is 8. The van der Waals surface area contributed by atoms with Gasteiger partial charge in [0.15, 0.2) is 6.10 Å². The van der Waals surface area contributed by atoms with Gasteiger partial charge in [-0.05, 0) is 47.0 Å². The van der Waals surface area contributed by atoms with E-state index in [-0.39, 0.29) is 23.6 Å². The van der Waals surface area contributed by atoms with Gasteiger partial charge >= 0.3 is 5.97 Å². The highest BCUT2D eigenvalue weighted by atomic mass is 19.1. The van der Waals surface area contributed by atoms with Crippen molar-refractivity contribution in [2.75, 3.05) is 31.3 Å². The van der Waals surface area contributed by atoms with Gasteiger partial charge in [0, 0.05) is 30.9 Å². The molecule has 1 aliphatic heterocycles. The Bertz CT molecular complexity index is 1240. The lowest BCUT2D eigenvalue weighted by atomic mass is 10.1. The molecule has 4 rings (SSSR count). The van der Waals surface area contributed by atoms with Crippen molar-refractivity contribution in [1.82, 2.24) is 15.5 Å². The first-order valence-electron chi connectivity index (χ1n) is 11.0. The molecule has 0 saturated carbocycles. The SMILES string of the molecule is N#Cc1cc(-c2nc(N3CCc4cc(CNCCC(=O)O)ccc43)no2)ccc1OC(CF)CF. The lowest BCUT2D eigenvalue weighted by Gasteiger charge is -2.14. The van der Waals surface area contributed by atoms with E-state index in [2.05, 4.69) is 21.5 Å². The minimum atomic E-state index is -1.26. The highest BCUT2D eigenvalue weighted by molar-refractivity contribution is 5.68. The lowest BCUT2D eigenvalue weighted by molar-refractivity contribution is -0.136. The zero-order chi connectivity index (χ0) is 24.8. The van der Waals surface area contributed by atoms with Crippen LogP contribution < -0.4 is 15.0 Å². The summed E-state index contributed by atoms with van der Waals surface area (Å²) >= 11 is 0. The Hall–Kier alpha value is -4.04. The molecule has 0 amide bonds. The van der Waals surface area contributed by atoms with Gasteiger partial charge in [0.2, 0.25) is 0 Å². The number of rotatable bonds is 11. The van der Waals surface area contributed by atoms with Gasteiger partial charge in [-0.1, -0.05) is 12.1 Å². The molecule has 0 atom stereocenters. The molecule has 9 nitrogen and oxygen atoms in total. The van der Waals surface area contributed by atoms with Gasteiger partial charge in [0.1, 0.15) is 25.2 Å². The molecule has 2 aromatic carbocycles. The van der Waals surface area contributed by atoms with E-state index >= 15 is 0 Å². The van der Waals surface area contributed by atoms with Crippen LogP contribution in [-0.4, -0.2) is 53.8 Å². The fourth-order valence-electron chi connectivity index (χ4n) is 3.78. The van der Waals surface area contributed by atoms with Gasteiger partial charge in [0.05, 0.1) is 12.0 Å². The molecule has 0 saturated heterocycles. The van der Waals surface area contributed by atoms with Crippen LogP contribution in [0.2, 0.25) is 0 Å². The van der Waals surface area contributed by atoms with Crippen LogP contribution in [0.1, 0.15) is 23.1 Å². The Kier molecular flexibility index (Phi) is 7.52. The van der Waals surface area contributed by atoms with E-state index in [4.69, 9.17) is 14.4 Å². The molecular weight excluding hydrogens is 460 g/mol. The highest BCUT2D eigenvalue weighted by Crippen LogP contribution is 2.35. The second kappa shape index (κ2) is 10.9. The van der Waals surface area contributed by atoms with Gasteiger partial charge in [0.25, 0.3) is 11.8 Å². The molecule has 0 bridgehead atoms. The van der Waals surface area contributed by atoms with Gasteiger partial charge in [-0.25, -0.2) is 8.78 Å². The molecule has 1 aliphatic rings. The molecule has 0 unspecified atom stereocenters. The second-order valence-corrected chi connectivity index (χ2v) is 7.96. The van der Waals surface area contributed by atoms with Crippen molar-refractivity contribution in [3.05, 3.63) is 53.1 Å². The summed E-state index contributed by atoms with van der Waals surface area (Å²) in [4.78, 5) is 17.0. The summed E-state index contributed by atoms with van der Waals surface area (Å²) in [7, 11) is 0. The maximum Gasteiger partial charge on any atom is 0.304 e. The minimum Gasteiger partial charge on any atom is -0.484 e. The van der Waals surface area contributed by atoms with Crippen LogP contribution in [-0.2, 0) is 17.8 Å². The molecule has 2 N–H and O–H groups in total. The van der Waals surface area contributed by atoms with Gasteiger partial charge < -0.3 is 24.6 Å². The molecule has 182 valence electrons. The van der Waals surface area contributed by atoms with E-state index in [1.807, 2.05) is 23.1 Å². The Morgan fingerprint density at radius 3 is 2.86 bits per heavy atom. The van der Waals surface area contributed by atoms with E-state index in [1.54, 1.807) is 6.07 Å². The van der Waals surface area contributed by atoms with Gasteiger partial charge in [-0.2, -0.15) is 10.2 Å². The standard InChI is InChI=1S/C24H23F2N5O4/c25-11-19(12-26)34-21-4-2-17(10-18(21)13-27)23-29-24(30-35-23)31-8-6-16-9-15(1-3-20(16)31)14-28-7-5-22(32)33/h1-4,9-10,19,28H,5-8,11-12,14H2,(H,32,33). The van der Waals surface area contributed by atoms with Crippen LogP contribution in [0.25, 0.3) is 11.5 Å². The number of carbonyl (C=O) groups is 1. The third-order valence-corrected chi connectivity index (χ3v) is 5.53. The Balaban J connectivity index is 1.47. The summed E-state index contributed by atoms with van der Waals surface area (Å²) in [6.45, 7) is -0.372. The van der Waals surface area contributed by atoms with Gasteiger partial charge in [-0.3, -0.25) is 4.79 Å². The van der Waals surface area contributed by atoms with E-state index in [1.165, 1.54) is 12.1 Å². The molecule has 11 heteroatoms. The third kappa shape index (κ3) is 5.55. The first-order valence-corrected chi connectivity index (χ1v) is 11.0. The van der Waals surface area contributed by atoms with E-state index < -0.39 is 25.4 Å². The number of nitriles is 1. The van der Waals surface area contributed by atoms with Crippen molar-refractivity contribution < 1.29 is 27.9 Å². The predicted molar refractivity (Wildman–Crippen MR) is 122 cm³/mol. The Morgan fingerprint density at radius 2 is 2.11 bits per heavy atom. The number of aliphatic carboxylic acids is 1. The number of alkyl halides is 2. The number of carboxylic acids is 1. The molecule has 35 heavy (non-hydrogen) atoms. The van der Waals surface area contributed by atoms with Crippen LogP contribution in [0, 0.1) is 11.3 Å². The summed E-state index contributed by atoms with van der Waals surface area (Å²) < 4.78 is 36.2. The topological polar surface area (TPSA) is 125 Å². The van der Waals surface area contributed by atoms with Crippen LogP contribution in [0.4, 0.5) is 20.4 Å². The number of aromatic nitrogens is 2. The van der Waals surface area contributed by atoms with E-state index in [0.29, 0.717) is 31.1 Å². The smallest absolute Gasteiger partial charge is 0.304 e. The van der Waals surface area contributed by atoms with Crippen LogP contribution in [0.5, 0.6) is 5.75 Å². The van der Waals surface area contributed by atoms with Crippen molar-refractivity contribution in [1.29, 1.82) is 5.26 Å². The van der Waals surface area contributed by atoms with Crippen LogP contribution in [0.3, 0.4) is 0 Å². The molecule has 0 aliphatic carbocycles. The fraction of sp³-hybridized carbons (Fsp3) is 0.333. The Morgan fingerprint density at radius 1 is 1.29 bits per heavy atom. The zero-order valence-corrected chi connectivity index (χ0v) is 18.7. The maximum atomic E-state index is 12.8. The molecule has 2 heterocycles. The van der Waals surface area contributed by atoms with Crippen LogP contribution in [0.15, 0.2) is 40.9 Å². The fourth-order valence-corrected chi connectivity index (χ4v) is 3.78. The lowest BCUT2D eigenvalue weighted by Crippen LogP contribution is -2.21. The summed E-state index contributed by atoms with van der Waals surface area (Å²) in [6.07, 6.45) is -0.406. The number of anilines is 2. The summed E-state index contributed by atoms with van der Waals surface area (Å²) in [5, 5.41) is 25.4. The monoisotopic (exact) mass is 483 g/mol. The first-order chi connectivity index (χ1) is 17.0. The molecule has 0 spiro atoms. The summed E-state index contributed by atoms with van der Waals surface area (Å²) in [5.41, 5.74) is 3.71. The number of carboxylic acid groups (broad SMARTS) is 1. The van der Waals surface area contributed by atoms with Crippen LogP contribution >= 0.6 is 0 Å². The first kappa shape index (κ1) is 24.1. The summed E-state index contributed by atoms with van der Waals surface area (Å²) in [6, 6.07) is 12.5. The zero-order valence-electron chi connectivity index (χ0n) is 18.7. The Labute approximate surface area is 199 Å². The van der Waals surface area contributed by atoms with Gasteiger partial charge in [-0.15, -0.1) is 0 Å². The van der Waals surface area contributed by atoms with E-state index in [9.17, 15) is 18.8 Å².